The van der Waals surface area contributed by atoms with E-state index in [-0.39, 0.29) is 18.0 Å². The summed E-state index contributed by atoms with van der Waals surface area (Å²) in [4.78, 5) is 18.8. The molecule has 30 heavy (non-hydrogen) atoms. The summed E-state index contributed by atoms with van der Waals surface area (Å²) >= 11 is 1.71. The second kappa shape index (κ2) is 9.41. The molecule has 1 aliphatic heterocycles. The van der Waals surface area contributed by atoms with Crippen molar-refractivity contribution in [3.63, 3.8) is 0 Å². The number of thiophene rings is 1. The van der Waals surface area contributed by atoms with Crippen molar-refractivity contribution in [1.29, 1.82) is 0 Å². The molecule has 1 saturated heterocycles. The first-order valence-electron chi connectivity index (χ1n) is 10.3. The van der Waals surface area contributed by atoms with Gasteiger partial charge in [0.15, 0.2) is 0 Å². The number of rotatable bonds is 6. The summed E-state index contributed by atoms with van der Waals surface area (Å²) in [6.45, 7) is 5.74. The van der Waals surface area contributed by atoms with E-state index in [0.717, 1.165) is 26.2 Å². The average molecular weight is 424 g/mol. The highest BCUT2D eigenvalue weighted by atomic mass is 32.1. The zero-order valence-corrected chi connectivity index (χ0v) is 17.8. The number of benzene rings is 2. The van der Waals surface area contributed by atoms with Crippen LogP contribution < -0.4 is 10.2 Å². The van der Waals surface area contributed by atoms with Crippen molar-refractivity contribution in [1.82, 2.24) is 10.2 Å². The first-order valence-corrected chi connectivity index (χ1v) is 11.1. The van der Waals surface area contributed by atoms with Crippen molar-refractivity contribution >= 4 is 22.9 Å². The van der Waals surface area contributed by atoms with Crippen LogP contribution in [0.3, 0.4) is 0 Å². The summed E-state index contributed by atoms with van der Waals surface area (Å²) in [6.07, 6.45) is 0. The number of amides is 1. The minimum atomic E-state index is -0.401. The molecule has 6 heteroatoms. The number of carbonyl (C=O) groups excluding carboxylic acids is 1. The molecule has 2 atom stereocenters. The van der Waals surface area contributed by atoms with E-state index in [1.54, 1.807) is 23.5 Å². The van der Waals surface area contributed by atoms with E-state index < -0.39 is 5.82 Å². The third kappa shape index (κ3) is 4.71. The maximum absolute atomic E-state index is 13.5. The van der Waals surface area contributed by atoms with Crippen LogP contribution in [-0.4, -0.2) is 43.0 Å². The van der Waals surface area contributed by atoms with Gasteiger partial charge in [-0.2, -0.15) is 0 Å². The molecular weight excluding hydrogens is 397 g/mol. The molecule has 1 N–H and O–H groups in total. The molecule has 0 aliphatic carbocycles. The molecule has 0 spiro atoms. The Kier molecular flexibility index (Phi) is 6.45. The van der Waals surface area contributed by atoms with Crippen LogP contribution in [0.1, 0.15) is 28.2 Å². The first-order chi connectivity index (χ1) is 14.6. The first kappa shape index (κ1) is 20.6. The number of hydrogen-bond donors (Lipinski definition) is 1. The Balaban J connectivity index is 1.46. The highest BCUT2D eigenvalue weighted by Gasteiger charge is 2.31. The van der Waals surface area contributed by atoms with Gasteiger partial charge in [0.2, 0.25) is 0 Å². The molecule has 0 bridgehead atoms. The van der Waals surface area contributed by atoms with Gasteiger partial charge in [0.1, 0.15) is 5.82 Å². The monoisotopic (exact) mass is 423 g/mol. The normalized spacial score (nSPS) is 16.8. The SMILES string of the molecule is C[C@@H](NC(=O)c1cccc(F)c1)[C@H](c1cccs1)N1CCN(c2ccccc2)CC1. The van der Waals surface area contributed by atoms with Crippen LogP contribution in [0.2, 0.25) is 0 Å². The van der Waals surface area contributed by atoms with Crippen molar-refractivity contribution in [3.05, 3.63) is 88.4 Å². The third-order valence-corrected chi connectivity index (χ3v) is 6.53. The largest absolute Gasteiger partial charge is 0.369 e. The fourth-order valence-electron chi connectivity index (χ4n) is 4.10. The number of halogens is 1. The quantitative estimate of drug-likeness (QED) is 0.631. The highest BCUT2D eigenvalue weighted by Crippen LogP contribution is 2.30. The number of carbonyl (C=O) groups is 1. The molecule has 3 aromatic rings. The zero-order valence-electron chi connectivity index (χ0n) is 17.0. The van der Waals surface area contributed by atoms with Gasteiger partial charge in [-0.05, 0) is 48.7 Å². The highest BCUT2D eigenvalue weighted by molar-refractivity contribution is 7.10. The number of piperazine rings is 1. The molecule has 0 unspecified atom stereocenters. The van der Waals surface area contributed by atoms with Crippen molar-refractivity contribution in [2.24, 2.45) is 0 Å². The lowest BCUT2D eigenvalue weighted by Crippen LogP contribution is -2.52. The average Bonchev–Trinajstić information content (AvgIpc) is 3.29. The van der Waals surface area contributed by atoms with Crippen LogP contribution in [0.25, 0.3) is 0 Å². The lowest BCUT2D eigenvalue weighted by atomic mass is 10.0. The van der Waals surface area contributed by atoms with Crippen LogP contribution in [0.5, 0.6) is 0 Å². The van der Waals surface area contributed by atoms with Crippen molar-refractivity contribution in [2.75, 3.05) is 31.1 Å². The fraction of sp³-hybridized carbons (Fsp3) is 0.292. The standard InChI is InChI=1S/C24H26FN3OS/c1-18(26-24(29)19-7-5-8-20(25)17-19)23(22-11-6-16-30-22)28-14-12-27(13-15-28)21-9-3-2-4-10-21/h2-11,16-18,23H,12-15H2,1H3,(H,26,29)/t18-,23-/m1/s1. The Bertz CT molecular complexity index is 956. The summed E-state index contributed by atoms with van der Waals surface area (Å²) in [5.74, 6) is -0.645. The molecule has 1 fully saturated rings. The van der Waals surface area contributed by atoms with Gasteiger partial charge >= 0.3 is 0 Å². The molecule has 2 heterocycles. The van der Waals surface area contributed by atoms with Gasteiger partial charge < -0.3 is 10.2 Å². The van der Waals surface area contributed by atoms with Gasteiger partial charge in [0.25, 0.3) is 5.91 Å². The van der Waals surface area contributed by atoms with E-state index >= 15 is 0 Å². The molecule has 156 valence electrons. The van der Waals surface area contributed by atoms with Crippen LogP contribution in [0.4, 0.5) is 10.1 Å². The van der Waals surface area contributed by atoms with Crippen molar-refractivity contribution in [2.45, 2.75) is 19.0 Å². The number of nitrogens with one attached hydrogen (secondary N) is 1. The molecule has 4 rings (SSSR count). The molecule has 1 amide bonds. The lowest BCUT2D eigenvalue weighted by Gasteiger charge is -2.42. The Morgan fingerprint density at radius 3 is 2.43 bits per heavy atom. The Morgan fingerprint density at radius 1 is 1.00 bits per heavy atom. The smallest absolute Gasteiger partial charge is 0.251 e. The second-order valence-corrected chi connectivity index (χ2v) is 8.57. The van der Waals surface area contributed by atoms with Crippen LogP contribution in [0.15, 0.2) is 72.1 Å². The van der Waals surface area contributed by atoms with E-state index in [9.17, 15) is 9.18 Å². The Hall–Kier alpha value is -2.70. The number of nitrogens with zero attached hydrogens (tertiary/aromatic N) is 2. The van der Waals surface area contributed by atoms with E-state index in [1.165, 1.54) is 22.7 Å². The molecule has 4 nitrogen and oxygen atoms in total. The molecular formula is C24H26FN3OS. The second-order valence-electron chi connectivity index (χ2n) is 7.59. The molecule has 1 aromatic heterocycles. The number of anilines is 1. The van der Waals surface area contributed by atoms with Gasteiger partial charge in [-0.1, -0.05) is 30.3 Å². The summed E-state index contributed by atoms with van der Waals surface area (Å²) < 4.78 is 13.5. The van der Waals surface area contributed by atoms with E-state index in [1.807, 2.05) is 19.1 Å². The molecule has 2 aromatic carbocycles. The van der Waals surface area contributed by atoms with Gasteiger partial charge in [0, 0.05) is 48.3 Å². The molecule has 0 radical (unpaired) electrons. The van der Waals surface area contributed by atoms with Crippen LogP contribution in [0, 0.1) is 5.82 Å². The van der Waals surface area contributed by atoms with Crippen molar-refractivity contribution in [3.8, 4) is 0 Å². The van der Waals surface area contributed by atoms with Crippen molar-refractivity contribution < 1.29 is 9.18 Å². The van der Waals surface area contributed by atoms with Gasteiger partial charge in [-0.15, -0.1) is 11.3 Å². The third-order valence-electron chi connectivity index (χ3n) is 5.58. The Morgan fingerprint density at radius 2 is 1.77 bits per heavy atom. The number of para-hydroxylation sites is 1. The predicted octanol–water partition coefficient (Wildman–Crippen LogP) is 4.57. The van der Waals surface area contributed by atoms with Crippen LogP contribution >= 0.6 is 11.3 Å². The summed E-state index contributed by atoms with van der Waals surface area (Å²) in [5, 5.41) is 5.17. The van der Waals surface area contributed by atoms with Crippen LogP contribution in [-0.2, 0) is 0 Å². The lowest BCUT2D eigenvalue weighted by molar-refractivity contribution is 0.0890. The topological polar surface area (TPSA) is 35.6 Å². The molecule has 0 saturated carbocycles. The maximum Gasteiger partial charge on any atom is 0.251 e. The van der Waals surface area contributed by atoms with Gasteiger partial charge in [0.05, 0.1) is 6.04 Å². The maximum atomic E-state index is 13.5. The fourth-order valence-corrected chi connectivity index (χ4v) is 5.06. The van der Waals surface area contributed by atoms with E-state index in [4.69, 9.17) is 0 Å². The summed E-state index contributed by atoms with van der Waals surface area (Å²) in [7, 11) is 0. The predicted molar refractivity (Wildman–Crippen MR) is 121 cm³/mol. The van der Waals surface area contributed by atoms with Gasteiger partial charge in [-0.3, -0.25) is 9.69 Å². The summed E-state index contributed by atoms with van der Waals surface area (Å²) in [5.41, 5.74) is 1.60. The van der Waals surface area contributed by atoms with E-state index in [0.29, 0.717) is 5.56 Å². The zero-order chi connectivity index (χ0) is 20.9. The van der Waals surface area contributed by atoms with Gasteiger partial charge in [-0.25, -0.2) is 4.39 Å². The minimum absolute atomic E-state index is 0.0837. The Labute approximate surface area is 180 Å². The number of hydrogen-bond acceptors (Lipinski definition) is 4. The summed E-state index contributed by atoms with van der Waals surface area (Å²) in [6, 6.07) is 20.5. The van der Waals surface area contributed by atoms with E-state index in [2.05, 4.69) is 50.8 Å². The minimum Gasteiger partial charge on any atom is -0.369 e. The molecule has 1 aliphatic rings.